The Bertz CT molecular complexity index is 390. The van der Waals surface area contributed by atoms with Gasteiger partial charge < -0.3 is 5.73 Å². The van der Waals surface area contributed by atoms with Gasteiger partial charge in [0.2, 0.25) is 5.91 Å². The molecule has 1 aliphatic rings. The molecule has 1 aliphatic heterocycles. The summed E-state index contributed by atoms with van der Waals surface area (Å²) < 4.78 is 12.8. The molecule has 3 nitrogen and oxygen atoms in total. The van der Waals surface area contributed by atoms with Crippen LogP contribution in [0.2, 0.25) is 0 Å². The van der Waals surface area contributed by atoms with Crippen molar-refractivity contribution in [3.05, 3.63) is 35.6 Å². The molecule has 1 saturated heterocycles. The monoisotopic (exact) mass is 254 g/mol. The van der Waals surface area contributed by atoms with E-state index in [1.807, 2.05) is 11.8 Å². The van der Waals surface area contributed by atoms with E-state index in [0.717, 1.165) is 23.5 Å². The number of primary amides is 1. The second kappa shape index (κ2) is 5.51. The molecule has 2 atom stereocenters. The molecule has 92 valence electrons. The Hall–Kier alpha value is -1.07. The van der Waals surface area contributed by atoms with Gasteiger partial charge in [0.1, 0.15) is 11.9 Å². The number of nitrogens with one attached hydrogen (secondary N) is 1. The van der Waals surface area contributed by atoms with Gasteiger partial charge in [0.15, 0.2) is 0 Å². The zero-order valence-electron chi connectivity index (χ0n) is 9.36. The Labute approximate surface area is 104 Å². The maximum Gasteiger partial charge on any atom is 0.239 e. The highest BCUT2D eigenvalue weighted by Gasteiger charge is 2.24. The molecule has 0 radical (unpaired) electrons. The molecule has 1 aromatic carbocycles. The van der Waals surface area contributed by atoms with E-state index in [0.29, 0.717) is 6.04 Å². The molecule has 0 saturated carbocycles. The highest BCUT2D eigenvalue weighted by atomic mass is 32.2. The van der Waals surface area contributed by atoms with Crippen molar-refractivity contribution in [2.45, 2.75) is 18.5 Å². The second-order valence-electron chi connectivity index (χ2n) is 4.11. The van der Waals surface area contributed by atoms with Crippen LogP contribution in [0.4, 0.5) is 4.39 Å². The van der Waals surface area contributed by atoms with E-state index in [4.69, 9.17) is 5.73 Å². The van der Waals surface area contributed by atoms with Crippen LogP contribution in [0, 0.1) is 5.82 Å². The lowest BCUT2D eigenvalue weighted by Gasteiger charge is -2.20. The normalized spacial score (nSPS) is 21.4. The first-order valence-electron chi connectivity index (χ1n) is 5.55. The van der Waals surface area contributed by atoms with E-state index in [1.54, 1.807) is 12.1 Å². The van der Waals surface area contributed by atoms with Gasteiger partial charge in [0.25, 0.3) is 0 Å². The van der Waals surface area contributed by atoms with Gasteiger partial charge in [-0.15, -0.1) is 0 Å². The Morgan fingerprint density at radius 2 is 2.18 bits per heavy atom. The van der Waals surface area contributed by atoms with Crippen molar-refractivity contribution in [2.24, 2.45) is 5.73 Å². The molecule has 0 aromatic heterocycles. The van der Waals surface area contributed by atoms with E-state index in [9.17, 15) is 9.18 Å². The van der Waals surface area contributed by atoms with Crippen LogP contribution in [0.1, 0.15) is 18.0 Å². The van der Waals surface area contributed by atoms with Gasteiger partial charge >= 0.3 is 0 Å². The van der Waals surface area contributed by atoms with E-state index in [-0.39, 0.29) is 5.82 Å². The van der Waals surface area contributed by atoms with Gasteiger partial charge in [0, 0.05) is 11.8 Å². The Balaban J connectivity index is 2.10. The van der Waals surface area contributed by atoms with Crippen LogP contribution in [0.5, 0.6) is 0 Å². The Morgan fingerprint density at radius 3 is 2.71 bits per heavy atom. The molecule has 0 unspecified atom stereocenters. The summed E-state index contributed by atoms with van der Waals surface area (Å²) in [6.07, 6.45) is 1.04. The zero-order valence-corrected chi connectivity index (χ0v) is 10.2. The van der Waals surface area contributed by atoms with Crippen LogP contribution in [0.15, 0.2) is 24.3 Å². The van der Waals surface area contributed by atoms with Crippen molar-refractivity contribution < 1.29 is 9.18 Å². The molecule has 1 heterocycles. The average molecular weight is 254 g/mol. The quantitative estimate of drug-likeness (QED) is 0.855. The third-order valence-corrected chi connectivity index (χ3v) is 3.98. The average Bonchev–Trinajstić information content (AvgIpc) is 2.80. The SMILES string of the molecule is NC(=O)[C@H](N[C@H]1CCSC1)c1ccc(F)cc1. The number of amides is 1. The minimum atomic E-state index is -0.528. The first-order valence-corrected chi connectivity index (χ1v) is 6.71. The van der Waals surface area contributed by atoms with Crippen LogP contribution in [-0.4, -0.2) is 23.5 Å². The van der Waals surface area contributed by atoms with E-state index < -0.39 is 11.9 Å². The smallest absolute Gasteiger partial charge is 0.239 e. The highest BCUT2D eigenvalue weighted by molar-refractivity contribution is 7.99. The number of halogens is 1. The summed E-state index contributed by atoms with van der Waals surface area (Å²) in [7, 11) is 0. The Kier molecular flexibility index (Phi) is 4.02. The Morgan fingerprint density at radius 1 is 1.47 bits per heavy atom. The molecular weight excluding hydrogens is 239 g/mol. The summed E-state index contributed by atoms with van der Waals surface area (Å²) in [4.78, 5) is 11.4. The molecule has 2 rings (SSSR count). The molecule has 5 heteroatoms. The maximum atomic E-state index is 12.8. The third-order valence-electron chi connectivity index (χ3n) is 2.82. The van der Waals surface area contributed by atoms with Crippen molar-refractivity contribution >= 4 is 17.7 Å². The predicted octanol–water partition coefficient (Wildman–Crippen LogP) is 1.45. The molecule has 1 aromatic rings. The fourth-order valence-corrected chi connectivity index (χ4v) is 3.06. The predicted molar refractivity (Wildman–Crippen MR) is 67.2 cm³/mol. The second-order valence-corrected chi connectivity index (χ2v) is 5.26. The largest absolute Gasteiger partial charge is 0.368 e. The van der Waals surface area contributed by atoms with Crippen LogP contribution >= 0.6 is 11.8 Å². The van der Waals surface area contributed by atoms with Crippen LogP contribution in [0.25, 0.3) is 0 Å². The molecular formula is C12H15FN2OS. The van der Waals surface area contributed by atoms with Crippen molar-refractivity contribution in [1.82, 2.24) is 5.32 Å². The van der Waals surface area contributed by atoms with Gasteiger partial charge in [-0.05, 0) is 29.9 Å². The number of carbonyl (C=O) groups is 1. The van der Waals surface area contributed by atoms with Crippen molar-refractivity contribution in [2.75, 3.05) is 11.5 Å². The minimum Gasteiger partial charge on any atom is -0.368 e. The fourth-order valence-electron chi connectivity index (χ4n) is 1.90. The summed E-state index contributed by atoms with van der Waals surface area (Å²) in [5, 5.41) is 3.23. The number of thioether (sulfide) groups is 1. The molecule has 17 heavy (non-hydrogen) atoms. The maximum absolute atomic E-state index is 12.8. The highest BCUT2D eigenvalue weighted by Crippen LogP contribution is 2.21. The summed E-state index contributed by atoms with van der Waals surface area (Å²) in [5.41, 5.74) is 6.10. The summed E-state index contributed by atoms with van der Waals surface area (Å²) in [5.74, 6) is 1.36. The lowest BCUT2D eigenvalue weighted by molar-refractivity contribution is -0.120. The first kappa shape index (κ1) is 12.4. The van der Waals surface area contributed by atoms with E-state index >= 15 is 0 Å². The van der Waals surface area contributed by atoms with Gasteiger partial charge in [-0.25, -0.2) is 4.39 Å². The lowest BCUT2D eigenvalue weighted by Crippen LogP contribution is -2.40. The van der Waals surface area contributed by atoms with Crippen molar-refractivity contribution in [3.8, 4) is 0 Å². The van der Waals surface area contributed by atoms with Crippen molar-refractivity contribution in [1.29, 1.82) is 0 Å². The molecule has 0 spiro atoms. The standard InChI is InChI=1S/C12H15FN2OS/c13-9-3-1-8(2-4-9)11(12(14)16)15-10-5-6-17-7-10/h1-4,10-11,15H,5-7H2,(H2,14,16)/t10-,11+/m0/s1. The molecule has 1 fully saturated rings. The van der Waals surface area contributed by atoms with Gasteiger partial charge in [-0.2, -0.15) is 11.8 Å². The summed E-state index contributed by atoms with van der Waals surface area (Å²) >= 11 is 1.86. The number of rotatable bonds is 4. The van der Waals surface area contributed by atoms with Crippen LogP contribution < -0.4 is 11.1 Å². The molecule has 0 bridgehead atoms. The molecule has 1 amide bonds. The number of carbonyl (C=O) groups excluding carboxylic acids is 1. The van der Waals surface area contributed by atoms with E-state index in [1.165, 1.54) is 12.1 Å². The zero-order chi connectivity index (χ0) is 12.3. The van der Waals surface area contributed by atoms with Gasteiger partial charge in [0.05, 0.1) is 0 Å². The lowest BCUT2D eigenvalue weighted by atomic mass is 10.0. The van der Waals surface area contributed by atoms with Gasteiger partial charge in [-0.1, -0.05) is 12.1 Å². The van der Waals surface area contributed by atoms with Crippen LogP contribution in [0.3, 0.4) is 0 Å². The topological polar surface area (TPSA) is 55.1 Å². The molecule has 3 N–H and O–H groups in total. The van der Waals surface area contributed by atoms with E-state index in [2.05, 4.69) is 5.32 Å². The van der Waals surface area contributed by atoms with Crippen LogP contribution in [-0.2, 0) is 4.79 Å². The fraction of sp³-hybridized carbons (Fsp3) is 0.417. The minimum absolute atomic E-state index is 0.308. The van der Waals surface area contributed by atoms with Gasteiger partial charge in [-0.3, -0.25) is 10.1 Å². The molecule has 0 aliphatic carbocycles. The number of hydrogen-bond donors (Lipinski definition) is 2. The number of benzene rings is 1. The summed E-state index contributed by atoms with van der Waals surface area (Å²) in [6, 6.07) is 5.66. The third kappa shape index (κ3) is 3.20. The number of nitrogens with two attached hydrogens (primary N) is 1. The summed E-state index contributed by atoms with van der Waals surface area (Å²) in [6.45, 7) is 0. The first-order chi connectivity index (χ1) is 8.16. The number of hydrogen-bond acceptors (Lipinski definition) is 3. The van der Waals surface area contributed by atoms with Crippen molar-refractivity contribution in [3.63, 3.8) is 0 Å².